The Morgan fingerprint density at radius 1 is 1.25 bits per heavy atom. The van der Waals surface area contributed by atoms with E-state index < -0.39 is 0 Å². The highest BCUT2D eigenvalue weighted by atomic mass is 16.5. The lowest BCUT2D eigenvalue weighted by Gasteiger charge is -2.16. The van der Waals surface area contributed by atoms with Gasteiger partial charge in [0.2, 0.25) is 6.41 Å². The zero-order valence-corrected chi connectivity index (χ0v) is 14.1. The summed E-state index contributed by atoms with van der Waals surface area (Å²) in [7, 11) is 4.89. The van der Waals surface area contributed by atoms with E-state index in [9.17, 15) is 4.79 Å². The monoisotopic (exact) mass is 330 g/mol. The molecule has 1 aliphatic carbocycles. The van der Waals surface area contributed by atoms with Gasteiger partial charge in [-0.1, -0.05) is 18.2 Å². The second-order valence-corrected chi connectivity index (χ2v) is 4.89. The number of nitrogens with two attached hydrogens (primary N) is 1. The molecular formula is C18H22N2O4. The lowest BCUT2D eigenvalue weighted by molar-refractivity contribution is -0.115. The average molecular weight is 330 g/mol. The fourth-order valence-corrected chi connectivity index (χ4v) is 2.30. The third kappa shape index (κ3) is 4.25. The fourth-order valence-electron chi connectivity index (χ4n) is 2.30. The lowest BCUT2D eigenvalue weighted by Crippen LogP contribution is -2.17. The van der Waals surface area contributed by atoms with Crippen molar-refractivity contribution < 1.29 is 19.1 Å². The number of hydrogen-bond donors (Lipinski definition) is 1. The van der Waals surface area contributed by atoms with Crippen LogP contribution in [-0.4, -0.2) is 39.4 Å². The van der Waals surface area contributed by atoms with E-state index in [2.05, 4.69) is 0 Å². The van der Waals surface area contributed by atoms with Gasteiger partial charge < -0.3 is 24.9 Å². The van der Waals surface area contributed by atoms with Gasteiger partial charge >= 0.3 is 0 Å². The first-order valence-corrected chi connectivity index (χ1v) is 7.17. The third-order valence-electron chi connectivity index (χ3n) is 3.55. The molecule has 2 N–H and O–H groups in total. The number of ether oxygens (including phenoxy) is 2. The number of anilines is 1. The largest absolute Gasteiger partial charge is 0.495 e. The number of nitrogens with zero attached hydrogens (tertiary/aromatic N) is 1. The van der Waals surface area contributed by atoms with Crippen LogP contribution in [0.4, 0.5) is 5.69 Å². The Balaban J connectivity index is 0.00000139. The number of methoxy groups -OCH3 is 2. The number of amides is 1. The number of hydrogen-bond acceptors (Lipinski definition) is 5. The molecule has 0 heterocycles. The average Bonchev–Trinajstić information content (AvgIpc) is 2.85. The molecule has 0 aliphatic heterocycles. The van der Waals surface area contributed by atoms with Crippen molar-refractivity contribution in [2.45, 2.75) is 6.42 Å². The van der Waals surface area contributed by atoms with Gasteiger partial charge in [0.05, 0.1) is 25.6 Å². The van der Waals surface area contributed by atoms with E-state index in [1.165, 1.54) is 4.90 Å². The van der Waals surface area contributed by atoms with Crippen molar-refractivity contribution in [2.24, 2.45) is 0 Å². The minimum Gasteiger partial charge on any atom is -0.495 e. The standard InChI is InChI=1S/C17H20N2O3.CH2O/c1-19(11-20)15-6-4-5-12(10-17(15)22-3)13-7-8-14(18)16(9-13)21-2;1-2/h4-5,7-11H,6,18H2,1-3H3;1H2. The molecule has 0 unspecified atom stereocenters. The van der Waals surface area contributed by atoms with E-state index in [0.29, 0.717) is 23.6 Å². The molecule has 0 saturated heterocycles. The Hall–Kier alpha value is -3.02. The number of carbonyl (C=O) groups is 2. The maximum Gasteiger partial charge on any atom is 0.213 e. The molecule has 1 aromatic carbocycles. The van der Waals surface area contributed by atoms with E-state index in [1.807, 2.05) is 43.2 Å². The van der Waals surface area contributed by atoms with Gasteiger partial charge in [0.25, 0.3) is 0 Å². The summed E-state index contributed by atoms with van der Waals surface area (Å²) in [5, 5.41) is 0. The van der Waals surface area contributed by atoms with Crippen LogP contribution in [-0.2, 0) is 14.3 Å². The second-order valence-electron chi connectivity index (χ2n) is 4.89. The van der Waals surface area contributed by atoms with Crippen molar-refractivity contribution >= 4 is 24.5 Å². The first-order valence-electron chi connectivity index (χ1n) is 7.17. The summed E-state index contributed by atoms with van der Waals surface area (Å²) in [6.07, 6.45) is 7.28. The maximum atomic E-state index is 11.0. The molecule has 0 radical (unpaired) electrons. The van der Waals surface area contributed by atoms with Crippen LogP contribution in [0.15, 0.2) is 47.9 Å². The van der Waals surface area contributed by atoms with Crippen molar-refractivity contribution in [2.75, 3.05) is 27.0 Å². The van der Waals surface area contributed by atoms with E-state index >= 15 is 0 Å². The normalized spacial score (nSPS) is 13.2. The highest BCUT2D eigenvalue weighted by Crippen LogP contribution is 2.30. The molecule has 0 saturated carbocycles. The summed E-state index contributed by atoms with van der Waals surface area (Å²) in [6.45, 7) is 2.00. The predicted molar refractivity (Wildman–Crippen MR) is 94.1 cm³/mol. The highest BCUT2D eigenvalue weighted by Gasteiger charge is 2.14. The molecule has 6 heteroatoms. The Morgan fingerprint density at radius 2 is 1.96 bits per heavy atom. The van der Waals surface area contributed by atoms with E-state index in [-0.39, 0.29) is 0 Å². The van der Waals surface area contributed by atoms with Gasteiger partial charge in [-0.15, -0.1) is 0 Å². The Morgan fingerprint density at radius 3 is 2.54 bits per heavy atom. The van der Waals surface area contributed by atoms with Gasteiger partial charge in [-0.25, -0.2) is 0 Å². The number of allylic oxidation sites excluding steroid dienone is 4. The topological polar surface area (TPSA) is 81.9 Å². The molecule has 0 aromatic heterocycles. The first kappa shape index (κ1) is 19.0. The van der Waals surface area contributed by atoms with Crippen molar-refractivity contribution in [3.8, 4) is 5.75 Å². The number of nitrogen functional groups attached to an aromatic ring is 1. The summed E-state index contributed by atoms with van der Waals surface area (Å²) >= 11 is 0. The molecule has 1 aromatic rings. The summed E-state index contributed by atoms with van der Waals surface area (Å²) in [5.74, 6) is 1.29. The van der Waals surface area contributed by atoms with E-state index in [0.717, 1.165) is 23.2 Å². The molecule has 2 rings (SSSR count). The number of benzene rings is 1. The van der Waals surface area contributed by atoms with Crippen molar-refractivity contribution in [3.63, 3.8) is 0 Å². The van der Waals surface area contributed by atoms with Crippen LogP contribution in [0.5, 0.6) is 5.75 Å². The molecule has 0 bridgehead atoms. The molecule has 6 nitrogen and oxygen atoms in total. The first-order chi connectivity index (χ1) is 11.6. The molecule has 0 spiro atoms. The summed E-state index contributed by atoms with van der Waals surface area (Å²) in [4.78, 5) is 20.5. The molecule has 24 heavy (non-hydrogen) atoms. The summed E-state index contributed by atoms with van der Waals surface area (Å²) in [6, 6.07) is 5.62. The molecule has 0 fully saturated rings. The predicted octanol–water partition coefficient (Wildman–Crippen LogP) is 2.38. The maximum absolute atomic E-state index is 11.0. The molecule has 1 amide bonds. The zero-order valence-electron chi connectivity index (χ0n) is 14.1. The molecule has 0 atom stereocenters. The van der Waals surface area contributed by atoms with Gasteiger partial charge in [0.15, 0.2) is 0 Å². The van der Waals surface area contributed by atoms with Gasteiger partial charge in [0.1, 0.15) is 18.3 Å². The second kappa shape index (κ2) is 9.19. The Bertz CT molecular complexity index is 678. The third-order valence-corrected chi connectivity index (χ3v) is 3.55. The molecular weight excluding hydrogens is 308 g/mol. The summed E-state index contributed by atoms with van der Waals surface area (Å²) in [5.41, 5.74) is 9.18. The minimum absolute atomic E-state index is 0.591. The van der Waals surface area contributed by atoms with Crippen molar-refractivity contribution in [3.05, 3.63) is 53.4 Å². The van der Waals surface area contributed by atoms with Crippen LogP contribution in [0.3, 0.4) is 0 Å². The number of carbonyl (C=O) groups excluding carboxylic acids is 2. The SMILES string of the molecule is C=O.COC1=C(N(C)C=O)CC=CC(c2ccc(N)c(OC)c2)=C1. The van der Waals surface area contributed by atoms with Crippen molar-refractivity contribution in [1.29, 1.82) is 0 Å². The highest BCUT2D eigenvalue weighted by molar-refractivity contribution is 5.79. The minimum atomic E-state index is 0.591. The molecule has 1 aliphatic rings. The van der Waals surface area contributed by atoms with Gasteiger partial charge in [0, 0.05) is 13.5 Å². The van der Waals surface area contributed by atoms with E-state index in [4.69, 9.17) is 20.0 Å². The van der Waals surface area contributed by atoms with Gasteiger partial charge in [-0.3, -0.25) is 4.79 Å². The Kier molecular flexibility index (Phi) is 7.29. The summed E-state index contributed by atoms with van der Waals surface area (Å²) < 4.78 is 10.7. The van der Waals surface area contributed by atoms with Crippen LogP contribution in [0.2, 0.25) is 0 Å². The Labute approximate surface area is 141 Å². The quantitative estimate of drug-likeness (QED) is 0.662. The lowest BCUT2D eigenvalue weighted by atomic mass is 10.0. The van der Waals surface area contributed by atoms with Crippen LogP contribution in [0, 0.1) is 0 Å². The van der Waals surface area contributed by atoms with Crippen LogP contribution in [0.1, 0.15) is 12.0 Å². The van der Waals surface area contributed by atoms with Crippen LogP contribution in [0.25, 0.3) is 5.57 Å². The van der Waals surface area contributed by atoms with Gasteiger partial charge in [-0.05, 0) is 29.3 Å². The van der Waals surface area contributed by atoms with Crippen LogP contribution < -0.4 is 10.5 Å². The fraction of sp³-hybridized carbons (Fsp3) is 0.222. The smallest absolute Gasteiger partial charge is 0.213 e. The zero-order chi connectivity index (χ0) is 18.1. The number of rotatable bonds is 5. The van der Waals surface area contributed by atoms with Gasteiger partial charge in [-0.2, -0.15) is 0 Å². The van der Waals surface area contributed by atoms with Crippen molar-refractivity contribution in [1.82, 2.24) is 4.90 Å². The van der Waals surface area contributed by atoms with Crippen LogP contribution >= 0.6 is 0 Å². The van der Waals surface area contributed by atoms with E-state index in [1.54, 1.807) is 21.3 Å². The molecule has 128 valence electrons.